The number of rotatable bonds is 4. The Morgan fingerprint density at radius 2 is 1.84 bits per heavy atom. The lowest BCUT2D eigenvalue weighted by molar-refractivity contribution is 0.396. The number of para-hydroxylation sites is 1. The van der Waals surface area contributed by atoms with Gasteiger partial charge in [0.25, 0.3) is 0 Å². The summed E-state index contributed by atoms with van der Waals surface area (Å²) in [5.74, 6) is -0.131. The van der Waals surface area contributed by atoms with Crippen LogP contribution in [-0.4, -0.2) is 10.2 Å². The van der Waals surface area contributed by atoms with Crippen LogP contribution in [0.1, 0.15) is 29.7 Å². The van der Waals surface area contributed by atoms with Crippen LogP contribution in [0.25, 0.3) is 0 Å². The molecule has 1 atom stereocenters. The number of benzene rings is 2. The number of hydrogen-bond acceptors (Lipinski definition) is 3. The molecule has 3 N–H and O–H groups in total. The van der Waals surface area contributed by atoms with Crippen molar-refractivity contribution < 1.29 is 10.2 Å². The summed E-state index contributed by atoms with van der Waals surface area (Å²) < 4.78 is 0. The smallest absolute Gasteiger partial charge is 0.161 e. The Balaban J connectivity index is 2.04. The summed E-state index contributed by atoms with van der Waals surface area (Å²) in [6.45, 7) is 4.65. The van der Waals surface area contributed by atoms with Gasteiger partial charge in [-0.25, -0.2) is 0 Å². The van der Waals surface area contributed by atoms with Gasteiger partial charge in [0.1, 0.15) is 0 Å². The van der Waals surface area contributed by atoms with E-state index >= 15 is 0 Å². The van der Waals surface area contributed by atoms with Crippen LogP contribution in [0, 0.1) is 6.92 Å². The fourth-order valence-electron chi connectivity index (χ4n) is 2.04. The molecule has 2 rings (SSSR count). The lowest BCUT2D eigenvalue weighted by Gasteiger charge is -2.15. The Morgan fingerprint density at radius 1 is 1.11 bits per heavy atom. The van der Waals surface area contributed by atoms with Gasteiger partial charge in [0.05, 0.1) is 0 Å². The van der Waals surface area contributed by atoms with Crippen molar-refractivity contribution in [1.29, 1.82) is 0 Å². The zero-order chi connectivity index (χ0) is 13.8. The van der Waals surface area contributed by atoms with Crippen LogP contribution in [0.2, 0.25) is 0 Å². The van der Waals surface area contributed by atoms with Crippen molar-refractivity contribution in [3.63, 3.8) is 0 Å². The quantitative estimate of drug-likeness (QED) is 0.737. The number of phenolic OH excluding ortho intramolecular Hbond substituents is 2. The van der Waals surface area contributed by atoms with E-state index in [0.717, 1.165) is 0 Å². The molecule has 0 aliphatic rings. The van der Waals surface area contributed by atoms with Gasteiger partial charge in [-0.05, 0) is 25.5 Å². The van der Waals surface area contributed by atoms with Gasteiger partial charge in [0.15, 0.2) is 11.5 Å². The van der Waals surface area contributed by atoms with E-state index in [-0.39, 0.29) is 17.5 Å². The molecule has 0 heterocycles. The van der Waals surface area contributed by atoms with Crippen molar-refractivity contribution in [3.05, 3.63) is 59.2 Å². The molecule has 0 aromatic heterocycles. The highest BCUT2D eigenvalue weighted by molar-refractivity contribution is 5.44. The van der Waals surface area contributed by atoms with E-state index in [1.54, 1.807) is 12.1 Å². The molecule has 0 fully saturated rings. The first-order valence-corrected chi connectivity index (χ1v) is 6.37. The molecule has 0 radical (unpaired) electrons. The zero-order valence-corrected chi connectivity index (χ0v) is 11.2. The maximum atomic E-state index is 9.74. The van der Waals surface area contributed by atoms with Gasteiger partial charge in [0.2, 0.25) is 0 Å². The molecule has 0 saturated heterocycles. The fraction of sp³-hybridized carbons (Fsp3) is 0.250. The van der Waals surface area contributed by atoms with E-state index in [1.807, 2.05) is 6.07 Å². The van der Waals surface area contributed by atoms with Gasteiger partial charge < -0.3 is 15.5 Å². The first-order chi connectivity index (χ1) is 9.08. The van der Waals surface area contributed by atoms with Gasteiger partial charge >= 0.3 is 0 Å². The number of aromatic hydroxyl groups is 2. The molecule has 0 amide bonds. The third-order valence-electron chi connectivity index (χ3n) is 3.24. The third kappa shape index (κ3) is 3.26. The summed E-state index contributed by atoms with van der Waals surface area (Å²) in [5, 5.41) is 22.5. The second-order valence-corrected chi connectivity index (χ2v) is 4.80. The van der Waals surface area contributed by atoms with E-state index in [9.17, 15) is 10.2 Å². The minimum Gasteiger partial charge on any atom is -0.504 e. The molecule has 2 aromatic rings. The summed E-state index contributed by atoms with van der Waals surface area (Å²) in [6, 6.07) is 13.5. The van der Waals surface area contributed by atoms with Crippen LogP contribution >= 0.6 is 0 Å². The van der Waals surface area contributed by atoms with E-state index in [2.05, 4.69) is 37.4 Å². The Kier molecular flexibility index (Phi) is 4.07. The highest BCUT2D eigenvalue weighted by atomic mass is 16.3. The van der Waals surface area contributed by atoms with Crippen LogP contribution in [0.5, 0.6) is 11.5 Å². The number of phenols is 2. The summed E-state index contributed by atoms with van der Waals surface area (Å²) in [5.41, 5.74) is 3.13. The molecular formula is C16H19NO2. The maximum Gasteiger partial charge on any atom is 0.161 e. The monoisotopic (exact) mass is 257 g/mol. The second kappa shape index (κ2) is 5.76. The Bertz CT molecular complexity index is 566. The van der Waals surface area contributed by atoms with Crippen molar-refractivity contribution in [2.45, 2.75) is 26.4 Å². The minimum absolute atomic E-state index is 0.0496. The van der Waals surface area contributed by atoms with Gasteiger partial charge in [-0.15, -0.1) is 0 Å². The van der Waals surface area contributed by atoms with E-state index in [0.29, 0.717) is 12.1 Å². The van der Waals surface area contributed by atoms with Crippen molar-refractivity contribution in [2.75, 3.05) is 0 Å². The van der Waals surface area contributed by atoms with E-state index in [4.69, 9.17) is 0 Å². The maximum absolute atomic E-state index is 9.74. The van der Waals surface area contributed by atoms with Crippen LogP contribution < -0.4 is 5.32 Å². The first-order valence-electron chi connectivity index (χ1n) is 6.37. The fourth-order valence-corrected chi connectivity index (χ4v) is 2.04. The first kappa shape index (κ1) is 13.4. The predicted octanol–water partition coefficient (Wildman–Crippen LogP) is 3.26. The highest BCUT2D eigenvalue weighted by Crippen LogP contribution is 2.28. The molecule has 0 aliphatic carbocycles. The topological polar surface area (TPSA) is 52.5 Å². The van der Waals surface area contributed by atoms with Gasteiger partial charge in [0, 0.05) is 18.2 Å². The Morgan fingerprint density at radius 3 is 2.58 bits per heavy atom. The Labute approximate surface area is 113 Å². The zero-order valence-electron chi connectivity index (χ0n) is 11.2. The molecular weight excluding hydrogens is 238 g/mol. The molecule has 2 aromatic carbocycles. The van der Waals surface area contributed by atoms with Crippen molar-refractivity contribution in [2.24, 2.45) is 0 Å². The largest absolute Gasteiger partial charge is 0.504 e. The SMILES string of the molecule is Cc1cccc([C@@H](C)NCc2cccc(O)c2O)c1. The lowest BCUT2D eigenvalue weighted by atomic mass is 10.1. The van der Waals surface area contributed by atoms with Crippen molar-refractivity contribution >= 4 is 0 Å². The summed E-state index contributed by atoms with van der Waals surface area (Å²) in [6.07, 6.45) is 0. The van der Waals surface area contributed by atoms with E-state index < -0.39 is 0 Å². The van der Waals surface area contributed by atoms with Crippen molar-refractivity contribution in [3.8, 4) is 11.5 Å². The number of hydrogen-bond donors (Lipinski definition) is 3. The normalized spacial score (nSPS) is 12.3. The standard InChI is InChI=1S/C16H19NO2/c1-11-5-3-6-13(9-11)12(2)17-10-14-7-4-8-15(18)16(14)19/h3-9,12,17-19H,10H2,1-2H3/t12-/m1/s1. The molecule has 3 nitrogen and oxygen atoms in total. The molecule has 0 spiro atoms. The van der Waals surface area contributed by atoms with Crippen LogP contribution in [-0.2, 0) is 6.54 Å². The van der Waals surface area contributed by atoms with E-state index in [1.165, 1.54) is 17.2 Å². The number of aryl methyl sites for hydroxylation is 1. The molecule has 0 saturated carbocycles. The van der Waals surface area contributed by atoms with Gasteiger partial charge in [-0.2, -0.15) is 0 Å². The van der Waals surface area contributed by atoms with Crippen LogP contribution in [0.3, 0.4) is 0 Å². The Hall–Kier alpha value is -2.00. The summed E-state index contributed by atoms with van der Waals surface area (Å²) in [4.78, 5) is 0. The summed E-state index contributed by atoms with van der Waals surface area (Å²) >= 11 is 0. The molecule has 0 bridgehead atoms. The van der Waals surface area contributed by atoms with Crippen LogP contribution in [0.15, 0.2) is 42.5 Å². The minimum atomic E-state index is -0.0810. The third-order valence-corrected chi connectivity index (χ3v) is 3.24. The molecule has 19 heavy (non-hydrogen) atoms. The second-order valence-electron chi connectivity index (χ2n) is 4.80. The molecule has 0 unspecified atom stereocenters. The van der Waals surface area contributed by atoms with Crippen LogP contribution in [0.4, 0.5) is 0 Å². The molecule has 0 aliphatic heterocycles. The molecule has 3 heteroatoms. The van der Waals surface area contributed by atoms with Gasteiger partial charge in [-0.3, -0.25) is 0 Å². The molecule has 100 valence electrons. The lowest BCUT2D eigenvalue weighted by Crippen LogP contribution is -2.18. The number of nitrogens with one attached hydrogen (secondary N) is 1. The highest BCUT2D eigenvalue weighted by Gasteiger charge is 2.08. The predicted molar refractivity (Wildman–Crippen MR) is 76.2 cm³/mol. The van der Waals surface area contributed by atoms with Crippen molar-refractivity contribution in [1.82, 2.24) is 5.32 Å². The van der Waals surface area contributed by atoms with Gasteiger partial charge in [-0.1, -0.05) is 42.0 Å². The summed E-state index contributed by atoms with van der Waals surface area (Å²) in [7, 11) is 0. The average molecular weight is 257 g/mol. The average Bonchev–Trinajstić information content (AvgIpc) is 2.40.